The highest BCUT2D eigenvalue weighted by Crippen LogP contribution is 2.23. The zero-order chi connectivity index (χ0) is 22.4. The van der Waals surface area contributed by atoms with Crippen LogP contribution in [-0.4, -0.2) is 45.9 Å². The summed E-state index contributed by atoms with van der Waals surface area (Å²) in [7, 11) is 0. The van der Waals surface area contributed by atoms with Gasteiger partial charge in [0.05, 0.1) is 16.5 Å². The molecule has 1 atom stereocenters. The highest BCUT2D eigenvalue weighted by Gasteiger charge is 2.28. The predicted octanol–water partition coefficient (Wildman–Crippen LogP) is 4.16. The number of pyridine rings is 1. The molecule has 7 heteroatoms. The fourth-order valence-corrected chi connectivity index (χ4v) is 4.59. The Morgan fingerprint density at radius 3 is 2.72 bits per heavy atom. The standard InChI is InChI=1S/C25H23ClN4O2/c1-16-4-3-5-20(12-16)29-11-10-28(14-17(29)2)24(31)18-6-9-23-27-22-8-7-19(26)13-21(22)25(32)30(23)15-18/h3-9,12-13,15,17H,10-11,14H2,1-2H3. The van der Waals surface area contributed by atoms with E-state index in [1.807, 2.05) is 4.90 Å². The van der Waals surface area contributed by atoms with E-state index in [1.165, 1.54) is 15.7 Å². The van der Waals surface area contributed by atoms with Crippen molar-refractivity contribution in [2.45, 2.75) is 19.9 Å². The van der Waals surface area contributed by atoms with E-state index in [4.69, 9.17) is 11.6 Å². The van der Waals surface area contributed by atoms with Crippen molar-refractivity contribution < 1.29 is 4.79 Å². The minimum atomic E-state index is -0.236. The maximum Gasteiger partial charge on any atom is 0.265 e. The van der Waals surface area contributed by atoms with Gasteiger partial charge in [-0.05, 0) is 61.9 Å². The van der Waals surface area contributed by atoms with E-state index in [2.05, 4.69) is 48.0 Å². The fourth-order valence-electron chi connectivity index (χ4n) is 4.42. The Hall–Kier alpha value is -3.38. The lowest BCUT2D eigenvalue weighted by Gasteiger charge is -2.41. The van der Waals surface area contributed by atoms with Gasteiger partial charge in [0.25, 0.3) is 11.5 Å². The average Bonchev–Trinajstić information content (AvgIpc) is 2.79. The smallest absolute Gasteiger partial charge is 0.265 e. The normalized spacial score (nSPS) is 16.7. The van der Waals surface area contributed by atoms with Gasteiger partial charge in [-0.1, -0.05) is 23.7 Å². The molecule has 1 saturated heterocycles. The van der Waals surface area contributed by atoms with Gasteiger partial charge in [-0.3, -0.25) is 14.0 Å². The van der Waals surface area contributed by atoms with Crippen molar-refractivity contribution in [1.29, 1.82) is 0 Å². The van der Waals surface area contributed by atoms with Crippen LogP contribution in [0.25, 0.3) is 16.6 Å². The Kier molecular flexibility index (Phi) is 5.10. The summed E-state index contributed by atoms with van der Waals surface area (Å²) < 4.78 is 1.43. The summed E-state index contributed by atoms with van der Waals surface area (Å²) in [5, 5.41) is 0.907. The maximum atomic E-state index is 13.3. The number of halogens is 1. The number of fused-ring (bicyclic) bond motifs is 2. The van der Waals surface area contributed by atoms with Gasteiger partial charge in [0, 0.05) is 42.6 Å². The topological polar surface area (TPSA) is 57.9 Å². The van der Waals surface area contributed by atoms with Crippen LogP contribution in [0, 0.1) is 6.92 Å². The van der Waals surface area contributed by atoms with Gasteiger partial charge in [0.15, 0.2) is 0 Å². The molecule has 4 aromatic rings. The molecule has 2 aromatic carbocycles. The molecule has 0 aliphatic carbocycles. The summed E-state index contributed by atoms with van der Waals surface area (Å²) in [5.41, 5.74) is 3.72. The van der Waals surface area contributed by atoms with Crippen molar-refractivity contribution in [3.63, 3.8) is 0 Å². The van der Waals surface area contributed by atoms with E-state index in [-0.39, 0.29) is 17.5 Å². The molecular formula is C25H23ClN4O2. The molecule has 1 aliphatic rings. The minimum Gasteiger partial charge on any atom is -0.365 e. The molecule has 0 radical (unpaired) electrons. The monoisotopic (exact) mass is 446 g/mol. The summed E-state index contributed by atoms with van der Waals surface area (Å²) in [5.74, 6) is -0.0827. The molecule has 0 spiro atoms. The molecule has 32 heavy (non-hydrogen) atoms. The Morgan fingerprint density at radius 1 is 1.09 bits per heavy atom. The quantitative estimate of drug-likeness (QED) is 0.434. The molecule has 0 N–H and O–H groups in total. The molecule has 1 unspecified atom stereocenters. The summed E-state index contributed by atoms with van der Waals surface area (Å²) in [4.78, 5) is 35.0. The third-order valence-electron chi connectivity index (χ3n) is 6.06. The second-order valence-electron chi connectivity index (χ2n) is 8.36. The van der Waals surface area contributed by atoms with Crippen LogP contribution in [0.1, 0.15) is 22.8 Å². The number of rotatable bonds is 2. The Bertz CT molecular complexity index is 1410. The molecule has 1 amide bonds. The summed E-state index contributed by atoms with van der Waals surface area (Å²) in [6.07, 6.45) is 1.59. The maximum absolute atomic E-state index is 13.3. The largest absolute Gasteiger partial charge is 0.365 e. The van der Waals surface area contributed by atoms with Crippen molar-refractivity contribution >= 4 is 39.7 Å². The molecule has 1 fully saturated rings. The first kappa shape index (κ1) is 20.5. The van der Waals surface area contributed by atoms with Crippen LogP contribution in [-0.2, 0) is 0 Å². The predicted molar refractivity (Wildman–Crippen MR) is 128 cm³/mol. The number of hydrogen-bond acceptors (Lipinski definition) is 4. The van der Waals surface area contributed by atoms with E-state index in [9.17, 15) is 9.59 Å². The minimum absolute atomic E-state index is 0.0827. The number of hydrogen-bond donors (Lipinski definition) is 0. The number of aryl methyl sites for hydroxylation is 1. The van der Waals surface area contributed by atoms with Gasteiger partial charge in [-0.15, -0.1) is 0 Å². The zero-order valence-electron chi connectivity index (χ0n) is 18.0. The lowest BCUT2D eigenvalue weighted by molar-refractivity contribution is 0.0726. The van der Waals surface area contributed by atoms with Gasteiger partial charge in [-0.25, -0.2) is 4.98 Å². The van der Waals surface area contributed by atoms with Crippen LogP contribution in [0.4, 0.5) is 5.69 Å². The van der Waals surface area contributed by atoms with Crippen LogP contribution < -0.4 is 10.5 Å². The molecule has 0 saturated carbocycles. The SMILES string of the molecule is Cc1cccc(N2CCN(C(=O)c3ccc4nc5ccc(Cl)cc5c(=O)n4c3)CC2C)c1. The van der Waals surface area contributed by atoms with E-state index in [1.54, 1.807) is 36.5 Å². The Morgan fingerprint density at radius 2 is 1.94 bits per heavy atom. The number of amides is 1. The Labute approximate surface area is 190 Å². The second kappa shape index (κ2) is 7.95. The third-order valence-corrected chi connectivity index (χ3v) is 6.30. The van der Waals surface area contributed by atoms with Gasteiger partial charge in [-0.2, -0.15) is 0 Å². The summed E-state index contributed by atoms with van der Waals surface area (Å²) >= 11 is 6.06. The number of piperazine rings is 1. The van der Waals surface area contributed by atoms with Gasteiger partial charge in [0.1, 0.15) is 5.65 Å². The van der Waals surface area contributed by atoms with Crippen molar-refractivity contribution in [1.82, 2.24) is 14.3 Å². The van der Waals surface area contributed by atoms with E-state index < -0.39 is 0 Å². The molecule has 5 rings (SSSR count). The van der Waals surface area contributed by atoms with Crippen LogP contribution in [0.3, 0.4) is 0 Å². The molecule has 162 valence electrons. The highest BCUT2D eigenvalue weighted by molar-refractivity contribution is 6.31. The zero-order valence-corrected chi connectivity index (χ0v) is 18.7. The van der Waals surface area contributed by atoms with E-state index >= 15 is 0 Å². The van der Waals surface area contributed by atoms with Gasteiger partial charge < -0.3 is 9.80 Å². The fraction of sp³-hybridized carbons (Fsp3) is 0.240. The molecule has 3 heterocycles. The second-order valence-corrected chi connectivity index (χ2v) is 8.79. The number of carbonyl (C=O) groups is 1. The van der Waals surface area contributed by atoms with Crippen LogP contribution in [0.15, 0.2) is 65.6 Å². The van der Waals surface area contributed by atoms with Crippen LogP contribution in [0.2, 0.25) is 5.02 Å². The Balaban J connectivity index is 1.43. The van der Waals surface area contributed by atoms with E-state index in [0.29, 0.717) is 40.2 Å². The number of anilines is 1. The van der Waals surface area contributed by atoms with E-state index in [0.717, 1.165) is 6.54 Å². The summed E-state index contributed by atoms with van der Waals surface area (Å²) in [6, 6.07) is 17.1. The van der Waals surface area contributed by atoms with Crippen molar-refractivity contribution in [2.75, 3.05) is 24.5 Å². The lowest BCUT2D eigenvalue weighted by atomic mass is 10.1. The first-order valence-corrected chi connectivity index (χ1v) is 11.0. The van der Waals surface area contributed by atoms with Crippen molar-refractivity contribution in [2.24, 2.45) is 0 Å². The number of carbonyl (C=O) groups excluding carboxylic acids is 1. The lowest BCUT2D eigenvalue weighted by Crippen LogP contribution is -2.53. The van der Waals surface area contributed by atoms with Crippen LogP contribution >= 0.6 is 11.6 Å². The average molecular weight is 447 g/mol. The first-order chi connectivity index (χ1) is 15.4. The molecular weight excluding hydrogens is 424 g/mol. The number of nitrogens with zero attached hydrogens (tertiary/aromatic N) is 4. The number of aromatic nitrogens is 2. The van der Waals surface area contributed by atoms with Crippen molar-refractivity contribution in [3.8, 4) is 0 Å². The molecule has 1 aliphatic heterocycles. The molecule has 2 aromatic heterocycles. The van der Waals surface area contributed by atoms with Gasteiger partial charge >= 0.3 is 0 Å². The highest BCUT2D eigenvalue weighted by atomic mass is 35.5. The number of benzene rings is 2. The van der Waals surface area contributed by atoms with Gasteiger partial charge in [0.2, 0.25) is 0 Å². The third kappa shape index (κ3) is 3.60. The van der Waals surface area contributed by atoms with Crippen LogP contribution in [0.5, 0.6) is 0 Å². The molecule has 6 nitrogen and oxygen atoms in total. The summed E-state index contributed by atoms with van der Waals surface area (Å²) in [6.45, 7) is 6.21. The van der Waals surface area contributed by atoms with Crippen molar-refractivity contribution in [3.05, 3.63) is 87.3 Å². The molecule has 0 bridgehead atoms. The first-order valence-electron chi connectivity index (χ1n) is 10.6.